The molecule has 1 spiro atoms. The molecule has 3 aromatic rings. The molecule has 3 aliphatic rings. The molecule has 10 heteroatoms. The van der Waals surface area contributed by atoms with Crippen LogP contribution in [-0.2, 0) is 16.8 Å². The maximum Gasteiger partial charge on any atom is 0.257 e. The molecule has 2 aromatic carbocycles. The molecule has 3 heterocycles. The van der Waals surface area contributed by atoms with E-state index in [1.54, 1.807) is 37.3 Å². The minimum Gasteiger partial charge on any atom is -0.497 e. The van der Waals surface area contributed by atoms with Gasteiger partial charge in [0.05, 0.1) is 26.4 Å². The predicted molar refractivity (Wildman–Crippen MR) is 160 cm³/mol. The van der Waals surface area contributed by atoms with Crippen LogP contribution in [-0.4, -0.2) is 48.2 Å². The summed E-state index contributed by atoms with van der Waals surface area (Å²) in [5.41, 5.74) is 0.720. The van der Waals surface area contributed by atoms with Gasteiger partial charge in [-0.25, -0.2) is 9.98 Å². The first-order valence-electron chi connectivity index (χ1n) is 13.5. The van der Waals surface area contributed by atoms with Crippen LogP contribution in [0.25, 0.3) is 0 Å². The van der Waals surface area contributed by atoms with Crippen molar-refractivity contribution < 1.29 is 19.0 Å². The molecule has 6 rings (SSSR count). The van der Waals surface area contributed by atoms with Gasteiger partial charge < -0.3 is 24.8 Å². The van der Waals surface area contributed by atoms with Gasteiger partial charge in [0.15, 0.2) is 5.17 Å². The Balaban J connectivity index is 1.28. The lowest BCUT2D eigenvalue weighted by Crippen LogP contribution is -2.62. The fraction of sp³-hybridized carbons (Fsp3) is 0.433. The number of carbonyl (C=O) groups excluding carboxylic acids is 1. The number of thioether (sulfide) groups is 1. The summed E-state index contributed by atoms with van der Waals surface area (Å²) in [6.45, 7) is 3.32. The number of aliphatic imine (C=N–C) groups is 1. The smallest absolute Gasteiger partial charge is 0.257 e. The number of fused-ring (bicyclic) bond motifs is 1. The van der Waals surface area contributed by atoms with E-state index in [0.717, 1.165) is 52.9 Å². The standard InChI is InChI=1S/C30H34N4O4S2/c1-28-17-29(12-7-13-29)38-18-30(28,34-27(40-19-28)33-25(35)20-8-5-4-6-9-20)26-32-24(16-39-26)31-15-21-10-11-22(36-2)14-23(21)37-3/h4-6,8-11,14,16,31H,7,12-13,15,17-19H2,1-3H3,(H,33,34,35)/t28-,30?/m0/s1. The molecule has 8 nitrogen and oxygen atoms in total. The molecular weight excluding hydrogens is 544 g/mol. The van der Waals surface area contributed by atoms with E-state index in [9.17, 15) is 4.79 Å². The van der Waals surface area contributed by atoms with Crippen molar-refractivity contribution in [2.75, 3.05) is 31.9 Å². The third-order valence-electron chi connectivity index (χ3n) is 8.45. The first-order chi connectivity index (χ1) is 19.4. The third kappa shape index (κ3) is 4.86. The van der Waals surface area contributed by atoms with Crippen LogP contribution in [0.15, 0.2) is 58.9 Å². The average molecular weight is 579 g/mol. The molecule has 2 fully saturated rings. The number of nitrogens with zero attached hydrogens (tertiary/aromatic N) is 2. The summed E-state index contributed by atoms with van der Waals surface area (Å²) in [6, 6.07) is 15.0. The summed E-state index contributed by atoms with van der Waals surface area (Å²) < 4.78 is 17.5. The SMILES string of the molecule is COc1ccc(CNc2csc(C34COC5(CCC5)C[C@@]3(C)CSC(NC(=O)c3ccccc3)=N4)n2)c(OC)c1. The molecule has 0 radical (unpaired) electrons. The van der Waals surface area contributed by atoms with Crippen LogP contribution in [0.1, 0.15) is 53.5 Å². The highest BCUT2D eigenvalue weighted by Crippen LogP contribution is 2.60. The molecule has 1 amide bonds. The van der Waals surface area contributed by atoms with Crippen LogP contribution in [0.3, 0.4) is 0 Å². The Bertz CT molecular complexity index is 1420. The maximum absolute atomic E-state index is 13.0. The number of aromatic nitrogens is 1. The second-order valence-electron chi connectivity index (χ2n) is 11.0. The molecular formula is C30H34N4O4S2. The number of hydrogen-bond donors (Lipinski definition) is 2. The van der Waals surface area contributed by atoms with Gasteiger partial charge in [0, 0.05) is 40.3 Å². The first kappa shape index (κ1) is 27.1. The average Bonchev–Trinajstić information content (AvgIpc) is 3.45. The van der Waals surface area contributed by atoms with Gasteiger partial charge in [0.2, 0.25) is 0 Å². The largest absolute Gasteiger partial charge is 0.497 e. The summed E-state index contributed by atoms with van der Waals surface area (Å²) in [5.74, 6) is 2.96. The quantitative estimate of drug-likeness (QED) is 0.363. The predicted octanol–water partition coefficient (Wildman–Crippen LogP) is 5.85. The van der Waals surface area contributed by atoms with E-state index < -0.39 is 5.54 Å². The van der Waals surface area contributed by atoms with Gasteiger partial charge in [-0.15, -0.1) is 11.3 Å². The van der Waals surface area contributed by atoms with Gasteiger partial charge in [-0.05, 0) is 49.9 Å². The maximum atomic E-state index is 13.0. The van der Waals surface area contributed by atoms with Gasteiger partial charge in [-0.3, -0.25) is 4.79 Å². The number of thiazole rings is 1. The van der Waals surface area contributed by atoms with E-state index in [-0.39, 0.29) is 16.9 Å². The Kier molecular flexibility index (Phi) is 7.27. The highest BCUT2D eigenvalue weighted by Gasteiger charge is 2.62. The number of benzene rings is 2. The van der Waals surface area contributed by atoms with E-state index in [1.165, 1.54) is 6.42 Å². The van der Waals surface area contributed by atoms with Crippen molar-refractivity contribution in [1.82, 2.24) is 10.3 Å². The van der Waals surface area contributed by atoms with Crippen molar-refractivity contribution in [1.29, 1.82) is 0 Å². The summed E-state index contributed by atoms with van der Waals surface area (Å²) in [5, 5.41) is 10.1. The summed E-state index contributed by atoms with van der Waals surface area (Å²) in [4.78, 5) is 23.3. The molecule has 1 aliphatic carbocycles. The number of amides is 1. The molecule has 1 saturated heterocycles. The molecule has 210 valence electrons. The van der Waals surface area contributed by atoms with Crippen LogP contribution in [0, 0.1) is 5.41 Å². The highest BCUT2D eigenvalue weighted by atomic mass is 32.2. The number of methoxy groups -OCH3 is 2. The number of hydrogen-bond acceptors (Lipinski definition) is 9. The second kappa shape index (κ2) is 10.7. The van der Waals surface area contributed by atoms with Gasteiger partial charge in [0.1, 0.15) is 27.9 Å². The number of amidine groups is 1. The zero-order valence-corrected chi connectivity index (χ0v) is 24.6. The van der Waals surface area contributed by atoms with E-state index in [1.807, 2.05) is 53.9 Å². The van der Waals surface area contributed by atoms with Crippen molar-refractivity contribution in [3.8, 4) is 11.5 Å². The number of nitrogens with one attached hydrogen (secondary N) is 2. The first-order valence-corrected chi connectivity index (χ1v) is 15.4. The lowest BCUT2D eigenvalue weighted by Gasteiger charge is -2.59. The molecule has 1 aromatic heterocycles. The monoisotopic (exact) mass is 578 g/mol. The van der Waals surface area contributed by atoms with E-state index in [0.29, 0.717) is 23.9 Å². The number of ether oxygens (including phenoxy) is 3. The summed E-state index contributed by atoms with van der Waals surface area (Å²) in [7, 11) is 3.30. The molecule has 2 N–H and O–H groups in total. The van der Waals surface area contributed by atoms with Gasteiger partial charge in [-0.2, -0.15) is 0 Å². The molecule has 1 unspecified atom stereocenters. The third-order valence-corrected chi connectivity index (χ3v) is 10.7. The number of anilines is 1. The lowest BCUT2D eigenvalue weighted by molar-refractivity contribution is -0.194. The van der Waals surface area contributed by atoms with E-state index in [4.69, 9.17) is 24.2 Å². The molecule has 0 bridgehead atoms. The normalized spacial score (nSPS) is 24.8. The minimum absolute atomic E-state index is 0.0532. The van der Waals surface area contributed by atoms with Crippen molar-refractivity contribution in [2.45, 2.75) is 50.3 Å². The molecule has 40 heavy (non-hydrogen) atoms. The Hall–Kier alpha value is -3.08. The Labute approximate surface area is 242 Å². The zero-order valence-electron chi connectivity index (χ0n) is 23.0. The number of rotatable bonds is 7. The van der Waals surface area contributed by atoms with Crippen molar-refractivity contribution in [2.24, 2.45) is 10.4 Å². The van der Waals surface area contributed by atoms with Crippen molar-refractivity contribution in [3.63, 3.8) is 0 Å². The lowest BCUT2D eigenvalue weighted by atomic mass is 9.60. The highest BCUT2D eigenvalue weighted by molar-refractivity contribution is 8.14. The van der Waals surface area contributed by atoms with Crippen LogP contribution in [0.2, 0.25) is 0 Å². The summed E-state index contributed by atoms with van der Waals surface area (Å²) >= 11 is 3.21. The summed E-state index contributed by atoms with van der Waals surface area (Å²) in [6.07, 6.45) is 4.33. The molecule has 1 saturated carbocycles. The topological polar surface area (TPSA) is 94.1 Å². The van der Waals surface area contributed by atoms with Gasteiger partial charge in [-0.1, -0.05) is 36.9 Å². The zero-order chi connectivity index (χ0) is 27.8. The van der Waals surface area contributed by atoms with Crippen molar-refractivity contribution >= 4 is 40.0 Å². The van der Waals surface area contributed by atoms with Crippen LogP contribution < -0.4 is 20.1 Å². The van der Waals surface area contributed by atoms with Crippen LogP contribution in [0.5, 0.6) is 11.5 Å². The fourth-order valence-corrected chi connectivity index (χ4v) is 8.16. The Morgan fingerprint density at radius 2 is 1.95 bits per heavy atom. The minimum atomic E-state index is -0.680. The van der Waals surface area contributed by atoms with E-state index >= 15 is 0 Å². The van der Waals surface area contributed by atoms with Gasteiger partial charge in [0.25, 0.3) is 5.91 Å². The second-order valence-corrected chi connectivity index (χ2v) is 12.8. The van der Waals surface area contributed by atoms with E-state index in [2.05, 4.69) is 17.6 Å². The Morgan fingerprint density at radius 3 is 2.67 bits per heavy atom. The Morgan fingerprint density at radius 1 is 1.12 bits per heavy atom. The number of carbonyl (C=O) groups is 1. The van der Waals surface area contributed by atoms with Crippen molar-refractivity contribution in [3.05, 3.63) is 70.0 Å². The van der Waals surface area contributed by atoms with Gasteiger partial charge >= 0.3 is 0 Å². The fourth-order valence-electron chi connectivity index (χ4n) is 5.92. The van der Waals surface area contributed by atoms with Crippen LogP contribution >= 0.6 is 23.1 Å². The van der Waals surface area contributed by atoms with Crippen LogP contribution in [0.4, 0.5) is 5.82 Å². The molecule has 2 atom stereocenters. The molecule has 2 aliphatic heterocycles.